The number of nitrogens with two attached hydrogens (primary N) is 1. The topological polar surface area (TPSA) is 62.4 Å². The molecule has 0 heterocycles. The summed E-state index contributed by atoms with van der Waals surface area (Å²) in [5, 5.41) is 2.34. The third-order valence-corrected chi connectivity index (χ3v) is 1.70. The molecule has 0 saturated carbocycles. The summed E-state index contributed by atoms with van der Waals surface area (Å²) in [7, 11) is 0. The maximum absolute atomic E-state index is 13.2. The standard InChI is InChI=1S/C9H11F3N4/c1-2-14-9(16-13)15-7-4-5(10)3-6(11)8(7)12/h3-4H,2,13H2,1H3,(H2,14,15,16). The number of benzene rings is 1. The van der Waals surface area contributed by atoms with E-state index in [2.05, 4.69) is 15.7 Å². The van der Waals surface area contributed by atoms with Crippen LogP contribution in [0.25, 0.3) is 0 Å². The van der Waals surface area contributed by atoms with Crippen LogP contribution in [0.3, 0.4) is 0 Å². The van der Waals surface area contributed by atoms with Gasteiger partial charge in [-0.25, -0.2) is 19.0 Å². The zero-order valence-corrected chi connectivity index (χ0v) is 8.52. The van der Waals surface area contributed by atoms with E-state index in [1.807, 2.05) is 0 Å². The minimum atomic E-state index is -1.28. The molecule has 88 valence electrons. The molecule has 0 saturated heterocycles. The quantitative estimate of drug-likeness (QED) is 0.237. The molecule has 0 unspecified atom stereocenters. The van der Waals surface area contributed by atoms with Gasteiger partial charge in [-0.1, -0.05) is 0 Å². The van der Waals surface area contributed by atoms with Crippen molar-refractivity contribution in [2.24, 2.45) is 10.8 Å². The molecule has 4 nitrogen and oxygen atoms in total. The van der Waals surface area contributed by atoms with Gasteiger partial charge in [-0.3, -0.25) is 10.4 Å². The summed E-state index contributed by atoms with van der Waals surface area (Å²) in [6.07, 6.45) is 0. The van der Waals surface area contributed by atoms with E-state index in [1.165, 1.54) is 0 Å². The van der Waals surface area contributed by atoms with Crippen molar-refractivity contribution in [1.29, 1.82) is 0 Å². The fourth-order valence-corrected chi connectivity index (χ4v) is 1.05. The Morgan fingerprint density at radius 1 is 1.38 bits per heavy atom. The highest BCUT2D eigenvalue weighted by molar-refractivity contribution is 5.93. The number of nitrogens with zero attached hydrogens (tertiary/aromatic N) is 1. The van der Waals surface area contributed by atoms with Crippen LogP contribution >= 0.6 is 0 Å². The van der Waals surface area contributed by atoms with Gasteiger partial charge in [0.2, 0.25) is 5.96 Å². The first-order valence-electron chi connectivity index (χ1n) is 4.51. The van der Waals surface area contributed by atoms with Crippen molar-refractivity contribution in [1.82, 2.24) is 5.43 Å². The number of aliphatic imine (C=N–C) groups is 1. The molecule has 0 aliphatic rings. The summed E-state index contributed by atoms with van der Waals surface area (Å²) in [6.45, 7) is 2.10. The average molecular weight is 232 g/mol. The van der Waals surface area contributed by atoms with Crippen LogP contribution in [0, 0.1) is 17.5 Å². The predicted octanol–water partition coefficient (Wildman–Crippen LogP) is 1.35. The second-order valence-electron chi connectivity index (χ2n) is 2.84. The number of hydrazine groups is 1. The predicted molar refractivity (Wildman–Crippen MR) is 55.2 cm³/mol. The zero-order valence-electron chi connectivity index (χ0n) is 8.52. The van der Waals surface area contributed by atoms with Crippen molar-refractivity contribution >= 4 is 11.6 Å². The van der Waals surface area contributed by atoms with Gasteiger partial charge in [0.15, 0.2) is 11.6 Å². The smallest absolute Gasteiger partial charge is 0.210 e. The van der Waals surface area contributed by atoms with E-state index < -0.39 is 17.5 Å². The normalized spacial score (nSPS) is 11.4. The molecule has 1 aromatic rings. The molecule has 0 bridgehead atoms. The average Bonchev–Trinajstić information content (AvgIpc) is 2.24. The Kier molecular flexibility index (Phi) is 4.12. The molecule has 0 fully saturated rings. The lowest BCUT2D eigenvalue weighted by Gasteiger charge is -2.10. The van der Waals surface area contributed by atoms with Crippen LogP contribution in [0.4, 0.5) is 18.9 Å². The molecule has 0 amide bonds. The lowest BCUT2D eigenvalue weighted by Crippen LogP contribution is -2.36. The maximum atomic E-state index is 13.2. The Hall–Kier alpha value is -1.76. The largest absolute Gasteiger partial charge is 0.323 e. The van der Waals surface area contributed by atoms with Gasteiger partial charge in [0.25, 0.3) is 0 Å². The molecule has 16 heavy (non-hydrogen) atoms. The second kappa shape index (κ2) is 5.36. The highest BCUT2D eigenvalue weighted by Crippen LogP contribution is 2.18. The van der Waals surface area contributed by atoms with Crippen molar-refractivity contribution in [3.8, 4) is 0 Å². The van der Waals surface area contributed by atoms with Gasteiger partial charge in [-0.05, 0) is 6.92 Å². The summed E-state index contributed by atoms with van der Waals surface area (Å²) in [5.41, 5.74) is 1.77. The lowest BCUT2D eigenvalue weighted by molar-refractivity contribution is 0.498. The third kappa shape index (κ3) is 2.86. The number of rotatable bonds is 2. The van der Waals surface area contributed by atoms with Gasteiger partial charge in [0, 0.05) is 18.7 Å². The molecule has 1 rings (SSSR count). The molecule has 0 aliphatic carbocycles. The van der Waals surface area contributed by atoms with Crippen LogP contribution in [0.15, 0.2) is 17.1 Å². The first kappa shape index (κ1) is 12.3. The van der Waals surface area contributed by atoms with Gasteiger partial charge in [0.1, 0.15) is 5.82 Å². The van der Waals surface area contributed by atoms with E-state index in [4.69, 9.17) is 5.84 Å². The number of anilines is 1. The van der Waals surface area contributed by atoms with Crippen molar-refractivity contribution in [3.63, 3.8) is 0 Å². The number of hydrogen-bond acceptors (Lipinski definition) is 2. The number of hydrogen-bond donors (Lipinski definition) is 3. The van der Waals surface area contributed by atoms with Crippen LogP contribution in [0.2, 0.25) is 0 Å². The van der Waals surface area contributed by atoms with Gasteiger partial charge in [-0.2, -0.15) is 0 Å². The molecule has 1 aromatic carbocycles. The highest BCUT2D eigenvalue weighted by atomic mass is 19.2. The van der Waals surface area contributed by atoms with E-state index in [0.717, 1.165) is 6.07 Å². The molecular formula is C9H11F3N4. The second-order valence-corrected chi connectivity index (χ2v) is 2.84. The van der Waals surface area contributed by atoms with Gasteiger partial charge >= 0.3 is 0 Å². The molecule has 0 spiro atoms. The monoisotopic (exact) mass is 232 g/mol. The summed E-state index contributed by atoms with van der Waals surface area (Å²) < 4.78 is 38.8. The first-order valence-corrected chi connectivity index (χ1v) is 4.51. The van der Waals surface area contributed by atoms with Crippen molar-refractivity contribution in [2.75, 3.05) is 11.9 Å². The van der Waals surface area contributed by atoms with Crippen LogP contribution in [-0.2, 0) is 0 Å². The fraction of sp³-hybridized carbons (Fsp3) is 0.222. The Bertz CT molecular complexity index is 406. The summed E-state index contributed by atoms with van der Waals surface area (Å²) in [5.74, 6) is 1.73. The Morgan fingerprint density at radius 2 is 2.06 bits per heavy atom. The summed E-state index contributed by atoms with van der Waals surface area (Å²) >= 11 is 0. The molecule has 0 aromatic heterocycles. The van der Waals surface area contributed by atoms with Crippen LogP contribution < -0.4 is 16.6 Å². The highest BCUT2D eigenvalue weighted by Gasteiger charge is 2.11. The Balaban J connectivity index is 3.00. The van der Waals surface area contributed by atoms with Gasteiger partial charge in [-0.15, -0.1) is 0 Å². The van der Waals surface area contributed by atoms with Gasteiger partial charge in [0.05, 0.1) is 5.69 Å². The minimum Gasteiger partial charge on any atom is -0.323 e. The molecule has 4 N–H and O–H groups in total. The van der Waals surface area contributed by atoms with E-state index >= 15 is 0 Å². The summed E-state index contributed by atoms with van der Waals surface area (Å²) in [4.78, 5) is 3.80. The summed E-state index contributed by atoms with van der Waals surface area (Å²) in [6, 6.07) is 1.26. The molecule has 0 radical (unpaired) electrons. The van der Waals surface area contributed by atoms with E-state index in [-0.39, 0.29) is 11.6 Å². The number of guanidine groups is 1. The van der Waals surface area contributed by atoms with Crippen LogP contribution in [0.5, 0.6) is 0 Å². The van der Waals surface area contributed by atoms with Crippen LogP contribution in [-0.4, -0.2) is 12.5 Å². The molecule has 0 aliphatic heterocycles. The lowest BCUT2D eigenvalue weighted by atomic mass is 10.3. The van der Waals surface area contributed by atoms with Crippen molar-refractivity contribution in [2.45, 2.75) is 6.92 Å². The van der Waals surface area contributed by atoms with E-state index in [0.29, 0.717) is 12.6 Å². The SMILES string of the molecule is CCN=C(NN)Nc1cc(F)cc(F)c1F. The number of halogens is 3. The van der Waals surface area contributed by atoms with E-state index in [1.54, 1.807) is 6.92 Å². The Labute approximate surface area is 90.3 Å². The Morgan fingerprint density at radius 3 is 2.62 bits per heavy atom. The van der Waals surface area contributed by atoms with Crippen LogP contribution in [0.1, 0.15) is 6.92 Å². The molecular weight excluding hydrogens is 221 g/mol. The third-order valence-electron chi connectivity index (χ3n) is 1.70. The molecule has 0 atom stereocenters. The fourth-order valence-electron chi connectivity index (χ4n) is 1.05. The molecule has 7 heteroatoms. The van der Waals surface area contributed by atoms with Gasteiger partial charge < -0.3 is 5.32 Å². The van der Waals surface area contributed by atoms with E-state index in [9.17, 15) is 13.2 Å². The first-order chi connectivity index (χ1) is 7.58. The minimum absolute atomic E-state index is 0.0198. The number of nitrogens with one attached hydrogen (secondary N) is 2. The van der Waals surface area contributed by atoms with Crippen molar-refractivity contribution < 1.29 is 13.2 Å². The van der Waals surface area contributed by atoms with Crippen molar-refractivity contribution in [3.05, 3.63) is 29.6 Å². The maximum Gasteiger partial charge on any atom is 0.210 e. The zero-order chi connectivity index (χ0) is 12.1.